The topological polar surface area (TPSA) is 62.6 Å². The van der Waals surface area contributed by atoms with Crippen LogP contribution in [0.2, 0.25) is 0 Å². The van der Waals surface area contributed by atoms with Crippen LogP contribution >= 0.6 is 0 Å². The molecular formula is C18H21FN3O2+. The average Bonchev–Trinajstić information content (AvgIpc) is 2.51. The van der Waals surface area contributed by atoms with Gasteiger partial charge in [0.25, 0.3) is 11.8 Å². The summed E-state index contributed by atoms with van der Waals surface area (Å²) in [6.07, 6.45) is 0. The quantitative estimate of drug-likeness (QED) is 0.746. The van der Waals surface area contributed by atoms with Gasteiger partial charge in [0.2, 0.25) is 0 Å². The van der Waals surface area contributed by atoms with Crippen molar-refractivity contribution in [1.29, 1.82) is 0 Å². The minimum atomic E-state index is -0.486. The van der Waals surface area contributed by atoms with Crippen LogP contribution in [0, 0.1) is 12.7 Å². The van der Waals surface area contributed by atoms with Crippen LogP contribution in [-0.4, -0.2) is 32.0 Å². The highest BCUT2D eigenvalue weighted by molar-refractivity contribution is 5.93. The number of hydrogen-bond donors (Lipinski definition) is 3. The summed E-state index contributed by atoms with van der Waals surface area (Å²) in [4.78, 5) is 24.6. The van der Waals surface area contributed by atoms with Crippen LogP contribution in [-0.2, 0) is 9.59 Å². The van der Waals surface area contributed by atoms with Gasteiger partial charge in [-0.15, -0.1) is 0 Å². The van der Waals surface area contributed by atoms with Gasteiger partial charge in [-0.25, -0.2) is 4.39 Å². The Bertz CT molecular complexity index is 716. The lowest BCUT2D eigenvalue weighted by molar-refractivity contribution is -0.862. The molecule has 2 aromatic rings. The van der Waals surface area contributed by atoms with E-state index in [9.17, 15) is 14.0 Å². The molecule has 0 bridgehead atoms. The third kappa shape index (κ3) is 5.48. The Morgan fingerprint density at radius 3 is 2.17 bits per heavy atom. The number of likely N-dealkylation sites (N-methyl/N-ethyl adjacent to an activating group) is 1. The first-order valence-corrected chi connectivity index (χ1v) is 7.66. The second-order valence-electron chi connectivity index (χ2n) is 5.75. The summed E-state index contributed by atoms with van der Waals surface area (Å²) in [7, 11) is 1.73. The fraction of sp³-hybridized carbons (Fsp3) is 0.222. The third-order valence-corrected chi connectivity index (χ3v) is 3.41. The van der Waals surface area contributed by atoms with Crippen LogP contribution in [0.25, 0.3) is 0 Å². The molecule has 2 rings (SSSR count). The van der Waals surface area contributed by atoms with Gasteiger partial charge in [-0.3, -0.25) is 9.59 Å². The summed E-state index contributed by atoms with van der Waals surface area (Å²) in [5.74, 6) is -1.02. The van der Waals surface area contributed by atoms with Crippen LogP contribution in [0.1, 0.15) is 5.56 Å². The Labute approximate surface area is 140 Å². The normalized spacial score (nSPS) is 11.6. The number of halogens is 1. The molecule has 0 aliphatic carbocycles. The van der Waals surface area contributed by atoms with E-state index < -0.39 is 5.82 Å². The van der Waals surface area contributed by atoms with E-state index in [1.807, 2.05) is 31.2 Å². The van der Waals surface area contributed by atoms with Crippen molar-refractivity contribution in [3.05, 3.63) is 59.9 Å². The summed E-state index contributed by atoms with van der Waals surface area (Å²) in [5, 5.41) is 5.28. The molecule has 0 aliphatic heterocycles. The van der Waals surface area contributed by atoms with Crippen molar-refractivity contribution in [2.75, 3.05) is 30.8 Å². The number of anilines is 2. The molecule has 0 aliphatic rings. The van der Waals surface area contributed by atoms with E-state index in [-0.39, 0.29) is 30.6 Å². The third-order valence-electron chi connectivity index (χ3n) is 3.41. The van der Waals surface area contributed by atoms with Gasteiger partial charge in [0, 0.05) is 5.69 Å². The van der Waals surface area contributed by atoms with Gasteiger partial charge >= 0.3 is 0 Å². The summed E-state index contributed by atoms with van der Waals surface area (Å²) in [6, 6.07) is 13.4. The van der Waals surface area contributed by atoms with Gasteiger partial charge in [-0.2, -0.15) is 0 Å². The Morgan fingerprint density at radius 2 is 1.54 bits per heavy atom. The van der Waals surface area contributed by atoms with Gasteiger partial charge in [-0.05, 0) is 31.2 Å². The van der Waals surface area contributed by atoms with Crippen LogP contribution < -0.4 is 15.5 Å². The Kier molecular flexibility index (Phi) is 6.03. The molecule has 2 amide bonds. The van der Waals surface area contributed by atoms with Gasteiger partial charge in [0.15, 0.2) is 13.1 Å². The second-order valence-corrected chi connectivity index (χ2v) is 5.75. The second kappa shape index (κ2) is 8.21. The molecule has 1 unspecified atom stereocenters. The lowest BCUT2D eigenvalue weighted by Crippen LogP contribution is -3.11. The summed E-state index contributed by atoms with van der Waals surface area (Å²) < 4.78 is 13.5. The highest BCUT2D eigenvalue weighted by atomic mass is 19.1. The van der Waals surface area contributed by atoms with E-state index in [0.29, 0.717) is 10.6 Å². The lowest BCUT2D eigenvalue weighted by atomic mass is 10.2. The molecule has 6 heteroatoms. The minimum Gasteiger partial charge on any atom is -0.322 e. The standard InChI is InChI=1S/C18H20FN3O2/c1-13-7-9-14(10-8-13)20-17(23)11-22(2)12-18(24)21-16-6-4-3-5-15(16)19/h3-10H,11-12H2,1-2H3,(H,20,23)(H,21,24)/p+1. The number of amides is 2. The fourth-order valence-corrected chi connectivity index (χ4v) is 2.21. The smallest absolute Gasteiger partial charge is 0.279 e. The zero-order chi connectivity index (χ0) is 17.5. The molecule has 0 spiro atoms. The molecule has 0 saturated heterocycles. The Balaban J connectivity index is 1.80. The summed E-state index contributed by atoms with van der Waals surface area (Å²) in [6.45, 7) is 2.17. The molecule has 0 aromatic heterocycles. The van der Waals surface area contributed by atoms with Crippen LogP contribution in [0.5, 0.6) is 0 Å². The Morgan fingerprint density at radius 1 is 0.958 bits per heavy atom. The van der Waals surface area contributed by atoms with Crippen molar-refractivity contribution < 1.29 is 18.9 Å². The van der Waals surface area contributed by atoms with E-state index in [0.717, 1.165) is 5.56 Å². The SMILES string of the molecule is Cc1ccc(NC(=O)C[NH+](C)CC(=O)Nc2ccccc2F)cc1. The molecule has 3 N–H and O–H groups in total. The molecule has 24 heavy (non-hydrogen) atoms. The van der Waals surface area contributed by atoms with Gasteiger partial charge in [0.05, 0.1) is 12.7 Å². The number of aryl methyl sites for hydroxylation is 1. The zero-order valence-electron chi connectivity index (χ0n) is 13.7. The number of para-hydroxylation sites is 1. The van der Waals surface area contributed by atoms with Gasteiger partial charge in [-0.1, -0.05) is 29.8 Å². The summed E-state index contributed by atoms with van der Waals surface area (Å²) >= 11 is 0. The van der Waals surface area contributed by atoms with Crippen molar-refractivity contribution >= 4 is 23.2 Å². The molecule has 5 nitrogen and oxygen atoms in total. The average molecular weight is 330 g/mol. The molecule has 2 aromatic carbocycles. The molecule has 0 fully saturated rings. The molecule has 1 atom stereocenters. The maximum atomic E-state index is 13.5. The zero-order valence-corrected chi connectivity index (χ0v) is 13.7. The molecular weight excluding hydrogens is 309 g/mol. The van der Waals surface area contributed by atoms with E-state index in [2.05, 4.69) is 10.6 Å². The predicted molar refractivity (Wildman–Crippen MR) is 91.5 cm³/mol. The highest BCUT2D eigenvalue weighted by Gasteiger charge is 2.15. The van der Waals surface area contributed by atoms with Crippen LogP contribution in [0.4, 0.5) is 15.8 Å². The van der Waals surface area contributed by atoms with Crippen LogP contribution in [0.3, 0.4) is 0 Å². The van der Waals surface area contributed by atoms with Crippen molar-refractivity contribution in [2.45, 2.75) is 6.92 Å². The number of rotatable bonds is 6. The molecule has 0 heterocycles. The van der Waals surface area contributed by atoms with E-state index in [1.54, 1.807) is 19.2 Å². The number of quaternary nitrogens is 1. The van der Waals surface area contributed by atoms with E-state index in [4.69, 9.17) is 0 Å². The number of carbonyl (C=O) groups excluding carboxylic acids is 2. The number of carbonyl (C=O) groups is 2. The fourth-order valence-electron chi connectivity index (χ4n) is 2.21. The lowest BCUT2D eigenvalue weighted by Gasteiger charge is -2.14. The molecule has 126 valence electrons. The number of hydrogen-bond acceptors (Lipinski definition) is 2. The van der Waals surface area contributed by atoms with Crippen molar-refractivity contribution in [3.8, 4) is 0 Å². The van der Waals surface area contributed by atoms with Crippen molar-refractivity contribution in [3.63, 3.8) is 0 Å². The maximum absolute atomic E-state index is 13.5. The van der Waals surface area contributed by atoms with Crippen molar-refractivity contribution in [2.24, 2.45) is 0 Å². The maximum Gasteiger partial charge on any atom is 0.279 e. The number of benzene rings is 2. The molecule has 0 radical (unpaired) electrons. The van der Waals surface area contributed by atoms with Gasteiger partial charge in [0.1, 0.15) is 5.82 Å². The number of nitrogens with one attached hydrogen (secondary N) is 3. The first-order valence-electron chi connectivity index (χ1n) is 7.66. The first kappa shape index (κ1) is 17.6. The first-order chi connectivity index (χ1) is 11.4. The van der Waals surface area contributed by atoms with Crippen LogP contribution in [0.15, 0.2) is 48.5 Å². The van der Waals surface area contributed by atoms with Crippen molar-refractivity contribution in [1.82, 2.24) is 0 Å². The minimum absolute atomic E-state index is 0.0651. The summed E-state index contributed by atoms with van der Waals surface area (Å²) in [5.41, 5.74) is 1.97. The predicted octanol–water partition coefficient (Wildman–Crippen LogP) is 1.23. The molecule has 0 saturated carbocycles. The van der Waals surface area contributed by atoms with Gasteiger partial charge < -0.3 is 15.5 Å². The highest BCUT2D eigenvalue weighted by Crippen LogP contribution is 2.11. The largest absolute Gasteiger partial charge is 0.322 e. The monoisotopic (exact) mass is 330 g/mol. The van der Waals surface area contributed by atoms with E-state index >= 15 is 0 Å². The van der Waals surface area contributed by atoms with E-state index in [1.165, 1.54) is 12.1 Å². The Hall–Kier alpha value is -2.73.